The molecule has 1 aliphatic carbocycles. The van der Waals surface area contributed by atoms with Gasteiger partial charge in [-0.25, -0.2) is 4.98 Å². The number of nitrogens with zero attached hydrogens (tertiary/aromatic N) is 2. The summed E-state index contributed by atoms with van der Waals surface area (Å²) in [6.45, 7) is 1.10. The van der Waals surface area contributed by atoms with Gasteiger partial charge in [0.2, 0.25) is 5.91 Å². The molecule has 174 valence electrons. The summed E-state index contributed by atoms with van der Waals surface area (Å²) in [5, 5.41) is 3.38. The monoisotopic (exact) mass is 473 g/mol. The summed E-state index contributed by atoms with van der Waals surface area (Å²) < 4.78 is 0. The number of Topliss-reactive ketones (excluding diaryl/α,β-unsaturated/α-hetero) is 1. The summed E-state index contributed by atoms with van der Waals surface area (Å²) in [6, 6.07) is 15.2. The first-order chi connectivity index (χ1) is 16.6. The number of benzene rings is 2. The van der Waals surface area contributed by atoms with Crippen LogP contribution in [0.2, 0.25) is 0 Å². The molecule has 6 nitrogen and oxygen atoms in total. The van der Waals surface area contributed by atoms with Crippen molar-refractivity contribution in [3.8, 4) is 0 Å². The van der Waals surface area contributed by atoms with E-state index in [1.165, 1.54) is 35.3 Å². The van der Waals surface area contributed by atoms with Crippen LogP contribution < -0.4 is 5.32 Å². The largest absolute Gasteiger partial charge is 0.333 e. The van der Waals surface area contributed by atoms with Crippen LogP contribution in [0, 0.1) is 0 Å². The first-order valence-electron chi connectivity index (χ1n) is 11.8. The van der Waals surface area contributed by atoms with Crippen LogP contribution in [-0.2, 0) is 30.6 Å². The lowest BCUT2D eigenvalue weighted by molar-refractivity contribution is -0.116. The number of fused-ring (bicyclic) bond motifs is 2. The van der Waals surface area contributed by atoms with Crippen molar-refractivity contribution in [3.05, 3.63) is 81.4 Å². The van der Waals surface area contributed by atoms with Gasteiger partial charge in [0.15, 0.2) is 10.9 Å². The third kappa shape index (κ3) is 4.94. The van der Waals surface area contributed by atoms with E-state index in [1.807, 2.05) is 47.4 Å². The molecule has 1 aromatic heterocycles. The highest BCUT2D eigenvalue weighted by Gasteiger charge is 2.25. The van der Waals surface area contributed by atoms with Crippen LogP contribution in [0.1, 0.15) is 68.1 Å². The van der Waals surface area contributed by atoms with E-state index in [-0.39, 0.29) is 30.4 Å². The molecule has 34 heavy (non-hydrogen) atoms. The molecular weight excluding hydrogens is 446 g/mol. The molecule has 0 fully saturated rings. The Labute approximate surface area is 203 Å². The lowest BCUT2D eigenvalue weighted by Gasteiger charge is -2.26. The van der Waals surface area contributed by atoms with E-state index in [2.05, 4.69) is 16.4 Å². The molecule has 2 aliphatic rings. The summed E-state index contributed by atoms with van der Waals surface area (Å²) in [6.07, 6.45) is 5.46. The van der Waals surface area contributed by atoms with E-state index >= 15 is 0 Å². The topological polar surface area (TPSA) is 79.4 Å². The molecule has 2 amide bonds. The second-order valence-corrected chi connectivity index (χ2v) is 9.98. The molecule has 0 saturated carbocycles. The predicted octanol–water partition coefficient (Wildman–Crippen LogP) is 4.82. The fraction of sp³-hybridized carbons (Fsp3) is 0.333. The minimum atomic E-state index is -0.213. The van der Waals surface area contributed by atoms with E-state index < -0.39 is 0 Å². The molecule has 0 saturated heterocycles. The fourth-order valence-electron chi connectivity index (χ4n) is 4.65. The predicted molar refractivity (Wildman–Crippen MR) is 132 cm³/mol. The average Bonchev–Trinajstić information content (AvgIpc) is 3.28. The van der Waals surface area contributed by atoms with E-state index in [0.29, 0.717) is 35.8 Å². The zero-order chi connectivity index (χ0) is 23.5. The zero-order valence-electron chi connectivity index (χ0n) is 19.0. The van der Waals surface area contributed by atoms with Gasteiger partial charge < -0.3 is 10.2 Å². The number of ketones is 1. The van der Waals surface area contributed by atoms with Crippen molar-refractivity contribution < 1.29 is 14.4 Å². The third-order valence-electron chi connectivity index (χ3n) is 6.54. The maximum Gasteiger partial charge on any atom is 0.254 e. The van der Waals surface area contributed by atoms with Gasteiger partial charge in [-0.15, -0.1) is 0 Å². The Kier molecular flexibility index (Phi) is 6.54. The van der Waals surface area contributed by atoms with E-state index in [9.17, 15) is 14.4 Å². The lowest BCUT2D eigenvalue weighted by Crippen LogP contribution is -2.35. The van der Waals surface area contributed by atoms with Crippen LogP contribution in [0.3, 0.4) is 0 Å². The van der Waals surface area contributed by atoms with Gasteiger partial charge in [-0.1, -0.05) is 41.7 Å². The number of anilines is 1. The number of carbonyl (C=O) groups excluding carboxylic acids is 3. The molecule has 0 spiro atoms. The van der Waals surface area contributed by atoms with Crippen molar-refractivity contribution in [3.63, 3.8) is 0 Å². The molecule has 2 aromatic carbocycles. The van der Waals surface area contributed by atoms with Crippen LogP contribution in [0.4, 0.5) is 5.13 Å². The van der Waals surface area contributed by atoms with Crippen LogP contribution in [0.5, 0.6) is 0 Å². The molecule has 3 aromatic rings. The smallest absolute Gasteiger partial charge is 0.254 e. The van der Waals surface area contributed by atoms with Gasteiger partial charge in [-0.05, 0) is 55.0 Å². The highest BCUT2D eigenvalue weighted by molar-refractivity contribution is 7.15. The van der Waals surface area contributed by atoms with Gasteiger partial charge in [-0.3, -0.25) is 14.4 Å². The number of amides is 2. The van der Waals surface area contributed by atoms with Gasteiger partial charge in [0.1, 0.15) is 0 Å². The summed E-state index contributed by atoms with van der Waals surface area (Å²) in [5.41, 5.74) is 4.92. The van der Waals surface area contributed by atoms with Crippen LogP contribution in [0.25, 0.3) is 0 Å². The van der Waals surface area contributed by atoms with Crippen molar-refractivity contribution in [2.45, 2.75) is 51.5 Å². The normalized spacial score (nSPS) is 14.8. The molecule has 0 radical (unpaired) electrons. The molecule has 0 bridgehead atoms. The fourth-order valence-corrected chi connectivity index (χ4v) is 5.69. The highest BCUT2D eigenvalue weighted by atomic mass is 32.1. The van der Waals surface area contributed by atoms with E-state index in [0.717, 1.165) is 23.4 Å². The van der Waals surface area contributed by atoms with E-state index in [4.69, 9.17) is 0 Å². The number of aryl methyl sites for hydroxylation is 2. The Morgan fingerprint density at radius 2 is 1.71 bits per heavy atom. The van der Waals surface area contributed by atoms with Crippen molar-refractivity contribution in [1.29, 1.82) is 0 Å². The Balaban J connectivity index is 1.15. The quantitative estimate of drug-likeness (QED) is 0.521. The molecular formula is C27H27N3O3S. The second kappa shape index (κ2) is 9.89. The second-order valence-electron chi connectivity index (χ2n) is 8.89. The summed E-state index contributed by atoms with van der Waals surface area (Å²) in [5.74, 6) is -0.211. The zero-order valence-corrected chi connectivity index (χ0v) is 19.8. The lowest BCUT2D eigenvalue weighted by atomic mass is 9.89. The van der Waals surface area contributed by atoms with E-state index in [1.54, 1.807) is 0 Å². The standard InChI is InChI=1S/C27H27N3O3S/c31-23(21-11-10-18-6-4-5-9-20(18)16-21)12-13-25(32)29-27-28-22-14-15-30(17-24(22)34-27)26(33)19-7-2-1-3-8-19/h1-3,7-8,10-11,16H,4-6,9,12-15,17H2,(H,28,29,32). The number of hydrogen-bond donors (Lipinski definition) is 1. The summed E-state index contributed by atoms with van der Waals surface area (Å²) in [7, 11) is 0. The van der Waals surface area contributed by atoms with Crippen LogP contribution >= 0.6 is 11.3 Å². The number of carbonyl (C=O) groups is 3. The Morgan fingerprint density at radius 1 is 0.912 bits per heavy atom. The Bertz CT molecular complexity index is 1240. The van der Waals surface area contributed by atoms with Crippen molar-refractivity contribution in [1.82, 2.24) is 9.88 Å². The van der Waals surface area contributed by atoms with Crippen LogP contribution in [-0.4, -0.2) is 34.0 Å². The minimum Gasteiger partial charge on any atom is -0.333 e. The van der Waals surface area contributed by atoms with Gasteiger partial charge in [-0.2, -0.15) is 0 Å². The number of aromatic nitrogens is 1. The molecule has 2 heterocycles. The Morgan fingerprint density at radius 3 is 2.53 bits per heavy atom. The van der Waals surface area contributed by atoms with Crippen molar-refractivity contribution in [2.75, 3.05) is 11.9 Å². The van der Waals surface area contributed by atoms with Crippen molar-refractivity contribution in [2.24, 2.45) is 0 Å². The van der Waals surface area contributed by atoms with Crippen molar-refractivity contribution >= 4 is 34.1 Å². The minimum absolute atomic E-state index is 0.00276. The highest BCUT2D eigenvalue weighted by Crippen LogP contribution is 2.29. The summed E-state index contributed by atoms with van der Waals surface area (Å²) >= 11 is 1.40. The van der Waals surface area contributed by atoms with Gasteiger partial charge in [0, 0.05) is 41.8 Å². The number of rotatable bonds is 6. The Hall–Kier alpha value is -3.32. The molecule has 5 rings (SSSR count). The summed E-state index contributed by atoms with van der Waals surface area (Å²) in [4.78, 5) is 45.2. The molecule has 1 aliphatic heterocycles. The maximum atomic E-state index is 12.7. The number of hydrogen-bond acceptors (Lipinski definition) is 5. The molecule has 0 atom stereocenters. The van der Waals surface area contributed by atoms with Gasteiger partial charge in [0.25, 0.3) is 5.91 Å². The first-order valence-corrected chi connectivity index (χ1v) is 12.7. The van der Waals surface area contributed by atoms with Gasteiger partial charge >= 0.3 is 0 Å². The third-order valence-corrected chi connectivity index (χ3v) is 7.53. The molecule has 7 heteroatoms. The maximum absolute atomic E-state index is 12.7. The van der Waals surface area contributed by atoms with Crippen LogP contribution in [0.15, 0.2) is 48.5 Å². The number of nitrogens with one attached hydrogen (secondary N) is 1. The molecule has 1 N–H and O–H groups in total. The average molecular weight is 474 g/mol. The number of thiazole rings is 1. The van der Waals surface area contributed by atoms with Gasteiger partial charge in [0.05, 0.1) is 12.2 Å². The first kappa shape index (κ1) is 22.5. The molecule has 0 unspecified atom stereocenters. The SMILES string of the molecule is O=C(CCC(=O)c1ccc2c(c1)CCCC2)Nc1nc2c(s1)CN(C(=O)c1ccccc1)CC2.